The topological polar surface area (TPSA) is 26.0 Å². The summed E-state index contributed by atoms with van der Waals surface area (Å²) in [6.45, 7) is 0. The minimum atomic E-state index is 0. The Morgan fingerprint density at radius 2 is 1.73 bits per heavy atom. The first-order valence-electron chi connectivity index (χ1n) is 3.68. The average molecular weight is 170 g/mol. The van der Waals surface area contributed by atoms with Crippen molar-refractivity contribution in [2.24, 2.45) is 5.73 Å². The van der Waals surface area contributed by atoms with Crippen LogP contribution in [-0.4, -0.2) is 6.04 Å². The highest BCUT2D eigenvalue weighted by atomic mass is 35.5. The first kappa shape index (κ1) is 8.57. The molecule has 2 rings (SSSR count). The van der Waals surface area contributed by atoms with Crippen LogP contribution in [-0.2, 0) is 0 Å². The van der Waals surface area contributed by atoms with Gasteiger partial charge >= 0.3 is 0 Å². The molecule has 0 amide bonds. The Kier molecular flexibility index (Phi) is 2.53. The molecule has 0 bridgehead atoms. The number of benzene rings is 1. The van der Waals surface area contributed by atoms with E-state index in [0.29, 0.717) is 12.0 Å². The molecule has 0 saturated heterocycles. The molecule has 11 heavy (non-hydrogen) atoms. The maximum absolute atomic E-state index is 5.70. The summed E-state index contributed by atoms with van der Waals surface area (Å²) in [5, 5.41) is 0. The van der Waals surface area contributed by atoms with Crippen molar-refractivity contribution >= 4 is 12.4 Å². The van der Waals surface area contributed by atoms with Gasteiger partial charge < -0.3 is 5.73 Å². The number of halogens is 1. The number of hydrogen-bond donors (Lipinski definition) is 1. The van der Waals surface area contributed by atoms with Crippen molar-refractivity contribution in [1.29, 1.82) is 0 Å². The van der Waals surface area contributed by atoms with E-state index >= 15 is 0 Å². The summed E-state index contributed by atoms with van der Waals surface area (Å²) in [5.74, 6) is 0.654. The molecular formula is C9H12ClN. The predicted octanol–water partition coefficient (Wildman–Crippen LogP) is 1.92. The molecule has 2 atom stereocenters. The normalized spacial score (nSPS) is 27.4. The van der Waals surface area contributed by atoms with Crippen molar-refractivity contribution in [1.82, 2.24) is 0 Å². The van der Waals surface area contributed by atoms with E-state index in [1.165, 1.54) is 12.0 Å². The lowest BCUT2D eigenvalue weighted by Crippen LogP contribution is -2.00. The molecule has 0 spiro atoms. The number of hydrogen-bond acceptors (Lipinski definition) is 1. The molecular weight excluding hydrogens is 158 g/mol. The maximum atomic E-state index is 5.70. The van der Waals surface area contributed by atoms with E-state index in [2.05, 4.69) is 24.3 Å². The minimum Gasteiger partial charge on any atom is -0.327 e. The Balaban J connectivity index is 0.000000605. The van der Waals surface area contributed by atoms with Gasteiger partial charge in [0, 0.05) is 12.0 Å². The van der Waals surface area contributed by atoms with Gasteiger partial charge in [0.2, 0.25) is 0 Å². The second-order valence-electron chi connectivity index (χ2n) is 2.92. The Morgan fingerprint density at radius 1 is 1.18 bits per heavy atom. The summed E-state index contributed by atoms with van der Waals surface area (Å²) < 4.78 is 0. The lowest BCUT2D eigenvalue weighted by Gasteiger charge is -1.94. The molecule has 1 aliphatic rings. The van der Waals surface area contributed by atoms with E-state index in [4.69, 9.17) is 5.73 Å². The van der Waals surface area contributed by atoms with Crippen LogP contribution in [0.3, 0.4) is 0 Å². The zero-order valence-electron chi connectivity index (χ0n) is 6.23. The molecule has 2 heteroatoms. The Bertz CT molecular complexity index is 222. The van der Waals surface area contributed by atoms with Gasteiger partial charge in [0.25, 0.3) is 0 Å². The molecule has 1 aromatic carbocycles. The van der Waals surface area contributed by atoms with E-state index in [9.17, 15) is 0 Å². The largest absolute Gasteiger partial charge is 0.327 e. The second kappa shape index (κ2) is 3.24. The van der Waals surface area contributed by atoms with Crippen LogP contribution in [0.1, 0.15) is 17.9 Å². The predicted molar refractivity (Wildman–Crippen MR) is 49.0 cm³/mol. The molecule has 2 N–H and O–H groups in total. The Morgan fingerprint density at radius 3 is 2.18 bits per heavy atom. The summed E-state index contributed by atoms with van der Waals surface area (Å²) in [7, 11) is 0. The van der Waals surface area contributed by atoms with Gasteiger partial charge in [-0.15, -0.1) is 12.4 Å². The molecule has 1 aliphatic carbocycles. The second-order valence-corrected chi connectivity index (χ2v) is 2.92. The fraction of sp³-hybridized carbons (Fsp3) is 0.333. The molecule has 0 radical (unpaired) electrons. The van der Waals surface area contributed by atoms with E-state index < -0.39 is 0 Å². The van der Waals surface area contributed by atoms with E-state index in [-0.39, 0.29) is 12.4 Å². The summed E-state index contributed by atoms with van der Waals surface area (Å²) >= 11 is 0. The summed E-state index contributed by atoms with van der Waals surface area (Å²) in [6, 6.07) is 10.9. The Labute approximate surface area is 73.0 Å². The summed E-state index contributed by atoms with van der Waals surface area (Å²) in [4.78, 5) is 0. The van der Waals surface area contributed by atoms with Gasteiger partial charge in [-0.1, -0.05) is 30.3 Å². The van der Waals surface area contributed by atoms with Crippen LogP contribution in [0.25, 0.3) is 0 Å². The lowest BCUT2D eigenvalue weighted by atomic mass is 10.1. The van der Waals surface area contributed by atoms with Crippen molar-refractivity contribution in [3.63, 3.8) is 0 Å². The van der Waals surface area contributed by atoms with Crippen LogP contribution >= 0.6 is 12.4 Å². The van der Waals surface area contributed by atoms with Crippen LogP contribution in [0.5, 0.6) is 0 Å². The first-order chi connectivity index (χ1) is 4.88. The maximum Gasteiger partial charge on any atom is 0.0115 e. The smallest absolute Gasteiger partial charge is 0.0115 e. The lowest BCUT2D eigenvalue weighted by molar-refractivity contribution is 0.991. The fourth-order valence-corrected chi connectivity index (χ4v) is 1.30. The van der Waals surface area contributed by atoms with Gasteiger partial charge in [0.1, 0.15) is 0 Å². The van der Waals surface area contributed by atoms with Crippen LogP contribution in [0.4, 0.5) is 0 Å². The van der Waals surface area contributed by atoms with Gasteiger partial charge in [-0.25, -0.2) is 0 Å². The molecule has 0 aliphatic heterocycles. The van der Waals surface area contributed by atoms with E-state index in [1.54, 1.807) is 0 Å². The minimum absolute atomic E-state index is 0. The molecule has 0 unspecified atom stereocenters. The highest BCUT2D eigenvalue weighted by Gasteiger charge is 2.34. The molecule has 1 fully saturated rings. The third-order valence-electron chi connectivity index (χ3n) is 2.07. The van der Waals surface area contributed by atoms with Gasteiger partial charge in [0.05, 0.1) is 0 Å². The van der Waals surface area contributed by atoms with Gasteiger partial charge in [-0.2, -0.15) is 0 Å². The van der Waals surface area contributed by atoms with Crippen LogP contribution in [0.15, 0.2) is 30.3 Å². The highest BCUT2D eigenvalue weighted by molar-refractivity contribution is 5.85. The van der Waals surface area contributed by atoms with Crippen LogP contribution in [0.2, 0.25) is 0 Å². The third kappa shape index (κ3) is 1.73. The zero-order valence-corrected chi connectivity index (χ0v) is 7.05. The molecule has 1 nitrogen and oxygen atoms in total. The summed E-state index contributed by atoms with van der Waals surface area (Å²) in [6.07, 6.45) is 1.17. The van der Waals surface area contributed by atoms with E-state index in [0.717, 1.165) is 0 Å². The van der Waals surface area contributed by atoms with Crippen molar-refractivity contribution < 1.29 is 0 Å². The van der Waals surface area contributed by atoms with Gasteiger partial charge in [0.15, 0.2) is 0 Å². The van der Waals surface area contributed by atoms with Crippen LogP contribution < -0.4 is 5.73 Å². The zero-order chi connectivity index (χ0) is 6.97. The van der Waals surface area contributed by atoms with Crippen LogP contribution in [0, 0.1) is 0 Å². The molecule has 0 aromatic heterocycles. The number of rotatable bonds is 1. The van der Waals surface area contributed by atoms with Crippen molar-refractivity contribution in [3.05, 3.63) is 35.9 Å². The monoisotopic (exact) mass is 169 g/mol. The van der Waals surface area contributed by atoms with Crippen molar-refractivity contribution in [2.45, 2.75) is 18.4 Å². The average Bonchev–Trinajstić information content (AvgIpc) is 2.69. The first-order valence-corrected chi connectivity index (χ1v) is 3.68. The molecule has 1 aromatic rings. The van der Waals surface area contributed by atoms with Crippen molar-refractivity contribution in [3.8, 4) is 0 Å². The molecule has 60 valence electrons. The molecule has 1 saturated carbocycles. The fourth-order valence-electron chi connectivity index (χ4n) is 1.30. The Hall–Kier alpha value is -0.530. The standard InChI is InChI=1S/C9H11N.ClH/c10-9-6-8(9)7-4-2-1-3-5-7;/h1-5,8-9H,6,10H2;1H/t8-,9-;/m0./s1. The summed E-state index contributed by atoms with van der Waals surface area (Å²) in [5.41, 5.74) is 7.10. The quantitative estimate of drug-likeness (QED) is 0.683. The van der Waals surface area contributed by atoms with Crippen molar-refractivity contribution in [2.75, 3.05) is 0 Å². The SMILES string of the molecule is Cl.N[C@H]1C[C@H]1c1ccccc1. The van der Waals surface area contributed by atoms with Gasteiger partial charge in [-0.3, -0.25) is 0 Å². The van der Waals surface area contributed by atoms with E-state index in [1.807, 2.05) is 6.07 Å². The van der Waals surface area contributed by atoms with Gasteiger partial charge in [-0.05, 0) is 12.0 Å². The third-order valence-corrected chi connectivity index (χ3v) is 2.07. The number of nitrogens with two attached hydrogens (primary N) is 1. The molecule has 0 heterocycles. The highest BCUT2D eigenvalue weighted by Crippen LogP contribution is 2.38.